The summed E-state index contributed by atoms with van der Waals surface area (Å²) < 4.78 is 0. The maximum Gasteiger partial charge on any atom is 0.357 e. The van der Waals surface area contributed by atoms with Crippen molar-refractivity contribution in [2.24, 2.45) is 11.8 Å². The topological polar surface area (TPSA) is 98.5 Å². The van der Waals surface area contributed by atoms with Crippen LogP contribution >= 0.6 is 0 Å². The molecule has 0 aromatic rings. The van der Waals surface area contributed by atoms with E-state index in [-0.39, 0.29) is 5.92 Å². The molecule has 0 aliphatic heterocycles. The third-order valence-corrected chi connectivity index (χ3v) is 2.16. The van der Waals surface area contributed by atoms with Crippen LogP contribution in [0.25, 0.3) is 0 Å². The van der Waals surface area contributed by atoms with Gasteiger partial charge in [0.2, 0.25) is 0 Å². The van der Waals surface area contributed by atoms with Crippen molar-refractivity contribution in [1.82, 2.24) is 0 Å². The van der Waals surface area contributed by atoms with Gasteiger partial charge in [-0.05, 0) is 12.3 Å². The second-order valence-corrected chi connectivity index (χ2v) is 4.03. The lowest BCUT2D eigenvalue weighted by molar-refractivity contribution is -0.131. The Kier molecular flexibility index (Phi) is 5.14. The minimum atomic E-state index is -1.55. The highest BCUT2D eigenvalue weighted by Gasteiger charge is 2.28. The molecule has 0 saturated carbocycles. The predicted octanol–water partition coefficient (Wildman–Crippen LogP) is 0.703. The Balaban J connectivity index is 4.44. The van der Waals surface area contributed by atoms with Crippen LogP contribution in [-0.2, 0) is 9.59 Å². The maximum atomic E-state index is 11.3. The number of ketones is 1. The first-order valence-corrected chi connectivity index (χ1v) is 4.81. The van der Waals surface area contributed by atoms with Crippen molar-refractivity contribution in [2.45, 2.75) is 33.3 Å². The minimum absolute atomic E-state index is 0.217. The summed E-state index contributed by atoms with van der Waals surface area (Å²) in [5.41, 5.74) is -0.967. The van der Waals surface area contributed by atoms with Gasteiger partial charge >= 0.3 is 5.97 Å². The van der Waals surface area contributed by atoms with Crippen molar-refractivity contribution in [3.05, 3.63) is 0 Å². The second-order valence-electron chi connectivity index (χ2n) is 4.03. The summed E-state index contributed by atoms with van der Waals surface area (Å²) in [5.74, 6) is -3.00. The fourth-order valence-electron chi connectivity index (χ4n) is 1.19. The summed E-state index contributed by atoms with van der Waals surface area (Å²) in [5, 5.41) is 25.0. The Bertz CT molecular complexity index is 273. The predicted molar refractivity (Wildman–Crippen MR) is 55.0 cm³/mol. The molecular weight excluding hydrogens is 198 g/mol. The van der Waals surface area contributed by atoms with Gasteiger partial charge in [-0.2, -0.15) is 0 Å². The number of aliphatic hydroxyl groups excluding tert-OH is 1. The summed E-state index contributed by atoms with van der Waals surface area (Å²) in [6, 6.07) is 0. The highest BCUT2D eigenvalue weighted by atomic mass is 16.4. The van der Waals surface area contributed by atoms with E-state index in [1.807, 2.05) is 13.8 Å². The monoisotopic (exact) mass is 215 g/mol. The lowest BCUT2D eigenvalue weighted by Crippen LogP contribution is -2.35. The maximum absolute atomic E-state index is 11.3. The molecule has 0 aliphatic rings. The van der Waals surface area contributed by atoms with Crippen LogP contribution in [0.15, 0.2) is 0 Å². The standard InChI is InChI=1S/C10H17NO4/c1-5(2)4-7(12)6(3)9(13)8(11)10(14)15/h5-7,11-12H,4H2,1-3H3,(H,14,15). The molecule has 0 aromatic heterocycles. The number of aliphatic hydroxyl groups is 1. The van der Waals surface area contributed by atoms with E-state index < -0.39 is 29.5 Å². The Morgan fingerprint density at radius 1 is 1.27 bits per heavy atom. The molecule has 0 fully saturated rings. The summed E-state index contributed by atoms with van der Waals surface area (Å²) in [6.07, 6.45) is -0.475. The van der Waals surface area contributed by atoms with Gasteiger partial charge in [0.15, 0.2) is 11.5 Å². The zero-order chi connectivity index (χ0) is 12.2. The van der Waals surface area contributed by atoms with Crippen LogP contribution < -0.4 is 0 Å². The number of nitrogens with one attached hydrogen (secondary N) is 1. The molecule has 0 spiro atoms. The van der Waals surface area contributed by atoms with Crippen molar-refractivity contribution in [3.8, 4) is 0 Å². The number of carbonyl (C=O) groups is 2. The van der Waals surface area contributed by atoms with Gasteiger partial charge in [0, 0.05) is 5.92 Å². The van der Waals surface area contributed by atoms with Crippen LogP contribution in [-0.4, -0.2) is 33.8 Å². The summed E-state index contributed by atoms with van der Waals surface area (Å²) >= 11 is 0. The Labute approximate surface area is 88.6 Å². The quantitative estimate of drug-likeness (QED) is 0.448. The molecule has 0 rings (SSSR count). The van der Waals surface area contributed by atoms with E-state index in [0.717, 1.165) is 0 Å². The number of carboxylic acid groups (broad SMARTS) is 1. The van der Waals surface area contributed by atoms with Crippen molar-refractivity contribution >= 4 is 17.5 Å². The molecular formula is C10H17NO4. The number of Topliss-reactive ketones (excluding diaryl/α,β-unsaturated/α-hetero) is 1. The third-order valence-electron chi connectivity index (χ3n) is 2.16. The lowest BCUT2D eigenvalue weighted by atomic mass is 9.91. The van der Waals surface area contributed by atoms with E-state index in [0.29, 0.717) is 6.42 Å². The highest BCUT2D eigenvalue weighted by Crippen LogP contribution is 2.14. The molecule has 86 valence electrons. The second kappa shape index (κ2) is 5.60. The zero-order valence-electron chi connectivity index (χ0n) is 9.15. The first-order valence-electron chi connectivity index (χ1n) is 4.81. The molecule has 15 heavy (non-hydrogen) atoms. The normalized spacial score (nSPS) is 14.7. The smallest absolute Gasteiger partial charge is 0.357 e. The van der Waals surface area contributed by atoms with Crippen LogP contribution in [0.4, 0.5) is 0 Å². The van der Waals surface area contributed by atoms with Crippen molar-refractivity contribution in [3.63, 3.8) is 0 Å². The van der Waals surface area contributed by atoms with Crippen LogP contribution in [0.5, 0.6) is 0 Å². The molecule has 0 aromatic carbocycles. The van der Waals surface area contributed by atoms with Crippen molar-refractivity contribution < 1.29 is 19.8 Å². The molecule has 0 heterocycles. The number of aliphatic carboxylic acids is 1. The molecule has 0 amide bonds. The van der Waals surface area contributed by atoms with E-state index in [1.54, 1.807) is 0 Å². The molecule has 0 radical (unpaired) electrons. The number of hydrogen-bond donors (Lipinski definition) is 3. The molecule has 0 aliphatic carbocycles. The Morgan fingerprint density at radius 3 is 2.07 bits per heavy atom. The van der Waals surface area contributed by atoms with Crippen LogP contribution in [0, 0.1) is 17.2 Å². The number of carbonyl (C=O) groups excluding carboxylic acids is 1. The van der Waals surface area contributed by atoms with Crippen molar-refractivity contribution in [1.29, 1.82) is 5.41 Å². The van der Waals surface area contributed by atoms with Gasteiger partial charge < -0.3 is 10.2 Å². The zero-order valence-corrected chi connectivity index (χ0v) is 9.15. The number of hydrogen-bond acceptors (Lipinski definition) is 4. The van der Waals surface area contributed by atoms with E-state index in [1.165, 1.54) is 6.92 Å². The Morgan fingerprint density at radius 2 is 1.73 bits per heavy atom. The van der Waals surface area contributed by atoms with Gasteiger partial charge in [0.1, 0.15) is 0 Å². The Hall–Kier alpha value is -1.23. The first-order chi connectivity index (χ1) is 6.77. The van der Waals surface area contributed by atoms with Gasteiger partial charge in [-0.1, -0.05) is 20.8 Å². The average Bonchev–Trinajstić information content (AvgIpc) is 2.13. The van der Waals surface area contributed by atoms with Gasteiger partial charge in [-0.15, -0.1) is 0 Å². The fourth-order valence-corrected chi connectivity index (χ4v) is 1.19. The molecule has 0 saturated heterocycles. The van der Waals surface area contributed by atoms with Gasteiger partial charge in [-0.25, -0.2) is 4.79 Å². The number of rotatable bonds is 6. The number of carboxylic acids is 1. The molecule has 2 atom stereocenters. The lowest BCUT2D eigenvalue weighted by Gasteiger charge is -2.18. The molecule has 5 nitrogen and oxygen atoms in total. The van der Waals surface area contributed by atoms with Crippen LogP contribution in [0.3, 0.4) is 0 Å². The van der Waals surface area contributed by atoms with Crippen molar-refractivity contribution in [2.75, 3.05) is 0 Å². The minimum Gasteiger partial charge on any atom is -0.476 e. The molecule has 2 unspecified atom stereocenters. The largest absolute Gasteiger partial charge is 0.476 e. The molecule has 3 N–H and O–H groups in total. The van der Waals surface area contributed by atoms with E-state index >= 15 is 0 Å². The summed E-state index contributed by atoms with van der Waals surface area (Å²) in [7, 11) is 0. The van der Waals surface area contributed by atoms with Crippen LogP contribution in [0.1, 0.15) is 27.2 Å². The van der Waals surface area contributed by atoms with E-state index in [2.05, 4.69) is 0 Å². The third kappa shape index (κ3) is 4.20. The summed E-state index contributed by atoms with van der Waals surface area (Å²) in [6.45, 7) is 5.22. The molecule has 5 heteroatoms. The van der Waals surface area contributed by atoms with E-state index in [4.69, 9.17) is 10.5 Å². The fraction of sp³-hybridized carbons (Fsp3) is 0.700. The SMILES string of the molecule is CC(C)CC(O)C(C)C(=O)C(=N)C(=O)O. The molecule has 0 bridgehead atoms. The van der Waals surface area contributed by atoms with Gasteiger partial charge in [0.25, 0.3) is 0 Å². The van der Waals surface area contributed by atoms with Gasteiger partial charge in [-0.3, -0.25) is 10.2 Å². The van der Waals surface area contributed by atoms with E-state index in [9.17, 15) is 14.7 Å². The first kappa shape index (κ1) is 13.8. The van der Waals surface area contributed by atoms with Crippen LogP contribution in [0.2, 0.25) is 0 Å². The van der Waals surface area contributed by atoms with Gasteiger partial charge in [0.05, 0.1) is 6.10 Å². The highest BCUT2D eigenvalue weighted by molar-refractivity contribution is 6.63. The average molecular weight is 215 g/mol. The summed E-state index contributed by atoms with van der Waals surface area (Å²) in [4.78, 5) is 21.7.